The fourth-order valence-corrected chi connectivity index (χ4v) is 4.80. The SMILES string of the molecule is O=C(O)COc1ccc(SC/C=C(\c2ccc(-c3ccccc3)cc2)c2ccccc2Br)cc1. The summed E-state index contributed by atoms with van der Waals surface area (Å²) in [5, 5.41) is 8.74. The number of aliphatic carboxylic acids is 1. The largest absolute Gasteiger partial charge is 0.482 e. The standard InChI is InChI=1S/C29H23BrO3S/c30-28-9-5-4-8-27(28)26(23-12-10-22(11-13-23)21-6-2-1-3-7-21)18-19-34-25-16-14-24(15-17-25)33-20-29(31)32/h1-18H,19-20H2,(H,31,32)/b26-18+. The molecule has 0 spiro atoms. The lowest BCUT2D eigenvalue weighted by Gasteiger charge is -2.12. The Balaban J connectivity index is 1.54. The number of carboxylic acids is 1. The Kier molecular flexibility index (Phi) is 8.23. The molecule has 4 rings (SSSR count). The van der Waals surface area contributed by atoms with Gasteiger partial charge in [-0.1, -0.05) is 94.8 Å². The third-order valence-electron chi connectivity index (χ3n) is 5.19. The molecule has 0 fully saturated rings. The molecule has 0 aliphatic heterocycles. The average Bonchev–Trinajstić information content (AvgIpc) is 2.87. The van der Waals surface area contributed by atoms with Gasteiger partial charge in [-0.05, 0) is 58.2 Å². The molecule has 0 aliphatic carbocycles. The minimum absolute atomic E-state index is 0.340. The maximum absolute atomic E-state index is 10.7. The van der Waals surface area contributed by atoms with Gasteiger partial charge in [-0.3, -0.25) is 0 Å². The lowest BCUT2D eigenvalue weighted by atomic mass is 9.95. The van der Waals surface area contributed by atoms with Crippen molar-refractivity contribution in [3.05, 3.63) is 125 Å². The molecule has 34 heavy (non-hydrogen) atoms. The summed E-state index contributed by atoms with van der Waals surface area (Å²) < 4.78 is 6.26. The predicted octanol–water partition coefficient (Wildman–Crippen LogP) is 7.80. The van der Waals surface area contributed by atoms with Crippen LogP contribution in [-0.4, -0.2) is 23.4 Å². The van der Waals surface area contributed by atoms with Crippen molar-refractivity contribution in [1.29, 1.82) is 0 Å². The summed E-state index contributed by atoms with van der Waals surface area (Å²) in [5.41, 5.74) is 5.86. The number of ether oxygens (including phenoxy) is 1. The zero-order chi connectivity index (χ0) is 23.8. The molecule has 0 amide bonds. The molecule has 1 N–H and O–H groups in total. The van der Waals surface area contributed by atoms with Crippen molar-refractivity contribution >= 4 is 39.2 Å². The van der Waals surface area contributed by atoms with Crippen LogP contribution in [0.25, 0.3) is 16.7 Å². The zero-order valence-electron chi connectivity index (χ0n) is 18.4. The van der Waals surface area contributed by atoms with E-state index in [1.165, 1.54) is 16.7 Å². The van der Waals surface area contributed by atoms with E-state index in [9.17, 15) is 4.79 Å². The van der Waals surface area contributed by atoms with Crippen molar-refractivity contribution < 1.29 is 14.6 Å². The van der Waals surface area contributed by atoms with Crippen LogP contribution in [-0.2, 0) is 4.79 Å². The molecule has 0 bridgehead atoms. The van der Waals surface area contributed by atoms with Crippen LogP contribution in [0, 0.1) is 0 Å². The number of carbonyl (C=O) groups is 1. The normalized spacial score (nSPS) is 11.3. The first-order valence-electron chi connectivity index (χ1n) is 10.8. The molecule has 0 unspecified atom stereocenters. The minimum Gasteiger partial charge on any atom is -0.482 e. The second-order valence-corrected chi connectivity index (χ2v) is 9.45. The fraction of sp³-hybridized carbons (Fsp3) is 0.0690. The van der Waals surface area contributed by atoms with Crippen LogP contribution in [0.1, 0.15) is 11.1 Å². The van der Waals surface area contributed by atoms with E-state index in [1.807, 2.05) is 24.3 Å². The number of hydrogen-bond acceptors (Lipinski definition) is 3. The van der Waals surface area contributed by atoms with Crippen LogP contribution in [0.5, 0.6) is 5.75 Å². The van der Waals surface area contributed by atoms with Crippen molar-refractivity contribution in [2.75, 3.05) is 12.4 Å². The molecule has 0 heterocycles. The van der Waals surface area contributed by atoms with E-state index in [4.69, 9.17) is 9.84 Å². The van der Waals surface area contributed by atoms with Gasteiger partial charge in [-0.2, -0.15) is 0 Å². The number of hydrogen-bond donors (Lipinski definition) is 1. The van der Waals surface area contributed by atoms with Gasteiger partial charge in [0, 0.05) is 15.1 Å². The number of rotatable bonds is 9. The summed E-state index contributed by atoms with van der Waals surface area (Å²) in [6.45, 7) is -0.340. The Hall–Kier alpha value is -3.28. The predicted molar refractivity (Wildman–Crippen MR) is 143 cm³/mol. The summed E-state index contributed by atoms with van der Waals surface area (Å²) >= 11 is 5.43. The van der Waals surface area contributed by atoms with Crippen LogP contribution >= 0.6 is 27.7 Å². The molecule has 170 valence electrons. The monoisotopic (exact) mass is 530 g/mol. The average molecular weight is 531 g/mol. The third-order valence-corrected chi connectivity index (χ3v) is 6.82. The summed E-state index contributed by atoms with van der Waals surface area (Å²) in [5.74, 6) is 0.349. The van der Waals surface area contributed by atoms with Gasteiger partial charge in [0.25, 0.3) is 0 Å². The molecule has 0 saturated heterocycles. The Bertz CT molecular complexity index is 1270. The first kappa shape index (κ1) is 23.9. The zero-order valence-corrected chi connectivity index (χ0v) is 20.8. The molecular formula is C29H23BrO3S. The first-order chi connectivity index (χ1) is 16.6. The Labute approximate surface area is 212 Å². The smallest absolute Gasteiger partial charge is 0.341 e. The van der Waals surface area contributed by atoms with Gasteiger partial charge in [-0.15, -0.1) is 11.8 Å². The first-order valence-corrected chi connectivity index (χ1v) is 12.6. The lowest BCUT2D eigenvalue weighted by molar-refractivity contribution is -0.139. The maximum atomic E-state index is 10.7. The Morgan fingerprint density at radius 2 is 1.47 bits per heavy atom. The maximum Gasteiger partial charge on any atom is 0.341 e. The molecule has 4 aromatic carbocycles. The van der Waals surface area contributed by atoms with E-state index in [0.717, 1.165) is 26.2 Å². The minimum atomic E-state index is -0.986. The summed E-state index contributed by atoms with van der Waals surface area (Å²) in [6.07, 6.45) is 2.25. The number of thioether (sulfide) groups is 1. The van der Waals surface area contributed by atoms with Crippen molar-refractivity contribution in [3.8, 4) is 16.9 Å². The second kappa shape index (κ2) is 11.7. The summed E-state index contributed by atoms with van der Waals surface area (Å²) in [6, 6.07) is 34.8. The van der Waals surface area contributed by atoms with Gasteiger partial charge in [0.05, 0.1) is 0 Å². The van der Waals surface area contributed by atoms with E-state index >= 15 is 0 Å². The number of carboxylic acid groups (broad SMARTS) is 1. The van der Waals surface area contributed by atoms with Gasteiger partial charge >= 0.3 is 5.97 Å². The van der Waals surface area contributed by atoms with E-state index in [1.54, 1.807) is 23.9 Å². The number of halogens is 1. The highest BCUT2D eigenvalue weighted by atomic mass is 79.9. The second-order valence-electron chi connectivity index (χ2n) is 7.51. The molecule has 0 aromatic heterocycles. The van der Waals surface area contributed by atoms with Crippen molar-refractivity contribution in [2.45, 2.75) is 4.90 Å². The van der Waals surface area contributed by atoms with Gasteiger partial charge < -0.3 is 9.84 Å². The molecule has 0 saturated carbocycles. The molecule has 3 nitrogen and oxygen atoms in total. The van der Waals surface area contributed by atoms with Crippen LogP contribution in [0.15, 0.2) is 119 Å². The molecular weight excluding hydrogens is 508 g/mol. The molecule has 0 atom stereocenters. The van der Waals surface area contributed by atoms with Gasteiger partial charge in [0.2, 0.25) is 0 Å². The number of benzene rings is 4. The topological polar surface area (TPSA) is 46.5 Å². The van der Waals surface area contributed by atoms with E-state index < -0.39 is 5.97 Å². The van der Waals surface area contributed by atoms with E-state index in [2.05, 4.69) is 88.7 Å². The molecule has 4 aromatic rings. The quantitative estimate of drug-likeness (QED) is 0.224. The highest BCUT2D eigenvalue weighted by molar-refractivity contribution is 9.10. The van der Waals surface area contributed by atoms with Crippen molar-refractivity contribution in [1.82, 2.24) is 0 Å². The summed E-state index contributed by atoms with van der Waals surface area (Å²) in [4.78, 5) is 11.7. The van der Waals surface area contributed by atoms with Crippen LogP contribution < -0.4 is 4.74 Å². The van der Waals surface area contributed by atoms with Crippen LogP contribution in [0.3, 0.4) is 0 Å². The van der Waals surface area contributed by atoms with E-state index in [0.29, 0.717) is 5.75 Å². The Morgan fingerprint density at radius 1 is 0.824 bits per heavy atom. The van der Waals surface area contributed by atoms with Crippen molar-refractivity contribution in [2.24, 2.45) is 0 Å². The van der Waals surface area contributed by atoms with Crippen molar-refractivity contribution in [3.63, 3.8) is 0 Å². The fourth-order valence-electron chi connectivity index (χ4n) is 3.53. The van der Waals surface area contributed by atoms with Gasteiger partial charge in [0.1, 0.15) is 5.75 Å². The van der Waals surface area contributed by atoms with Crippen LogP contribution in [0.4, 0.5) is 0 Å². The highest BCUT2D eigenvalue weighted by Crippen LogP contribution is 2.32. The molecule has 5 heteroatoms. The highest BCUT2D eigenvalue weighted by Gasteiger charge is 2.09. The third kappa shape index (κ3) is 6.40. The Morgan fingerprint density at radius 3 is 2.15 bits per heavy atom. The molecule has 0 aliphatic rings. The van der Waals surface area contributed by atoms with Gasteiger partial charge in [0.15, 0.2) is 6.61 Å². The lowest BCUT2D eigenvalue weighted by Crippen LogP contribution is -2.09. The molecule has 0 radical (unpaired) electrons. The van der Waals surface area contributed by atoms with Crippen LogP contribution in [0.2, 0.25) is 0 Å². The van der Waals surface area contributed by atoms with E-state index in [-0.39, 0.29) is 6.61 Å². The van der Waals surface area contributed by atoms with Gasteiger partial charge in [-0.25, -0.2) is 4.79 Å². The summed E-state index contributed by atoms with van der Waals surface area (Å²) in [7, 11) is 0.